The van der Waals surface area contributed by atoms with E-state index in [4.69, 9.17) is 23.2 Å². The summed E-state index contributed by atoms with van der Waals surface area (Å²) < 4.78 is 138. The van der Waals surface area contributed by atoms with E-state index >= 15 is 0 Å². The molecule has 0 aliphatic heterocycles. The van der Waals surface area contributed by atoms with E-state index in [0.29, 0.717) is 17.2 Å². The lowest BCUT2D eigenvalue weighted by Gasteiger charge is -2.15. The lowest BCUT2D eigenvalue weighted by molar-refractivity contribution is -0.115. The number of benzene rings is 6. The molecule has 7 N–H and O–H groups in total. The number of hydrogen-bond acceptors (Lipinski definition) is 15. The molecule has 0 fully saturated rings. The van der Waals surface area contributed by atoms with Crippen molar-refractivity contribution >= 4 is 131 Å². The summed E-state index contributed by atoms with van der Waals surface area (Å²) in [6.07, 6.45) is 0. The molecule has 0 radical (unpaired) electrons. The van der Waals surface area contributed by atoms with Crippen molar-refractivity contribution in [3.63, 3.8) is 0 Å². The Hall–Kier alpha value is -6.00. The molecule has 2 amide bonds. The second-order valence-corrected chi connectivity index (χ2v) is 20.0. The van der Waals surface area contributed by atoms with E-state index in [1.807, 2.05) is 0 Å². The number of nitrogens with zero attached hydrogens (tertiary/aromatic N) is 4. The van der Waals surface area contributed by atoms with Gasteiger partial charge in [-0.15, -0.1) is 20.5 Å². The molecular weight excluding hydrogens is 968 g/mol. The average molecular weight is 996 g/mol. The van der Waals surface area contributed by atoms with Crippen molar-refractivity contribution < 1.29 is 66.6 Å². The van der Waals surface area contributed by atoms with Gasteiger partial charge in [-0.05, 0) is 78.2 Å². The number of aryl methyl sites for hydroxylation is 1. The number of hydrogen-bond donors (Lipinski definition) is 7. The standard InChI is InChI=1S/C37H28Cl2N6O15S4/c1-16-8-32(63(55,56)57)36(23-11-21(61(49,50)51)13-29(34(16)23)40-17(2)46)44-42-27-6-4-19(9-25(27)38)20-5-7-28(26(39)10-20)43-45-37-24-12-22(62(52,53)54)14-30(41-18(3)47)35(24)31(48)15-33(37)64(58,59)60/h4-15,48H,1-3H3,(H,40,46)(H,41,47)(H,49,50,51)(H,52,53,54)(H,55,56,57)(H,58,59,60). The number of halogens is 2. The molecule has 64 heavy (non-hydrogen) atoms. The van der Waals surface area contributed by atoms with E-state index in [2.05, 4.69) is 31.1 Å². The van der Waals surface area contributed by atoms with Crippen LogP contribution in [-0.4, -0.2) is 68.8 Å². The lowest BCUT2D eigenvalue weighted by atomic mass is 10.0. The maximum atomic E-state index is 12.5. The van der Waals surface area contributed by atoms with Gasteiger partial charge in [-0.3, -0.25) is 27.8 Å². The predicted molar refractivity (Wildman–Crippen MR) is 232 cm³/mol. The van der Waals surface area contributed by atoms with Crippen LogP contribution in [0.5, 0.6) is 5.75 Å². The van der Waals surface area contributed by atoms with Crippen LogP contribution in [0.1, 0.15) is 19.4 Å². The summed E-state index contributed by atoms with van der Waals surface area (Å²) in [5.41, 5.74) is -1.05. The third kappa shape index (κ3) is 10.0. The minimum absolute atomic E-state index is 0.0699. The number of phenolic OH excluding ortho intramolecular Hbond substituents is 1. The SMILES string of the molecule is CC(=O)Nc1cc(S(=O)(=O)O)cc2c(N=Nc3ccc(-c4ccc(N=Nc5c(S(=O)(=O)O)cc(O)c6c(NC(C)=O)cc(S(=O)(=O)O)cc56)c(Cl)c4)cc3Cl)c(S(=O)(=O)O)cc(C)c12. The van der Waals surface area contributed by atoms with Crippen LogP contribution < -0.4 is 10.6 Å². The van der Waals surface area contributed by atoms with Crippen molar-refractivity contribution in [3.8, 4) is 16.9 Å². The fourth-order valence-corrected chi connectivity index (χ4v) is 9.27. The van der Waals surface area contributed by atoms with E-state index in [-0.39, 0.29) is 54.5 Å². The van der Waals surface area contributed by atoms with Crippen molar-refractivity contribution in [3.05, 3.63) is 88.4 Å². The summed E-state index contributed by atoms with van der Waals surface area (Å²) in [6.45, 7) is 3.59. The monoisotopic (exact) mass is 994 g/mol. The predicted octanol–water partition coefficient (Wildman–Crippen LogP) is 8.72. The molecule has 0 unspecified atom stereocenters. The highest BCUT2D eigenvalue weighted by atomic mass is 35.5. The minimum Gasteiger partial charge on any atom is -0.507 e. The van der Waals surface area contributed by atoms with Crippen molar-refractivity contribution in [2.75, 3.05) is 10.6 Å². The molecule has 21 nitrogen and oxygen atoms in total. The number of aromatic hydroxyl groups is 1. The zero-order valence-corrected chi connectivity index (χ0v) is 37.2. The molecule has 0 aliphatic rings. The minimum atomic E-state index is -5.21. The first-order chi connectivity index (χ1) is 29.5. The number of rotatable bonds is 11. The largest absolute Gasteiger partial charge is 0.507 e. The maximum Gasteiger partial charge on any atom is 0.296 e. The summed E-state index contributed by atoms with van der Waals surface area (Å²) in [5, 5.41) is 30.2. The molecule has 0 saturated carbocycles. The normalized spacial score (nSPS) is 12.7. The number of amides is 2. The quantitative estimate of drug-likeness (QED) is 0.0471. The third-order valence-electron chi connectivity index (χ3n) is 8.98. The second-order valence-electron chi connectivity index (χ2n) is 13.6. The van der Waals surface area contributed by atoms with Crippen LogP contribution in [0.3, 0.4) is 0 Å². The Morgan fingerprint density at radius 3 is 1.30 bits per heavy atom. The first kappa shape index (κ1) is 47.5. The van der Waals surface area contributed by atoms with Gasteiger partial charge in [0.15, 0.2) is 0 Å². The molecule has 0 atom stereocenters. The average Bonchev–Trinajstić information content (AvgIpc) is 3.15. The molecule has 6 rings (SSSR count). The van der Waals surface area contributed by atoms with Gasteiger partial charge in [0.25, 0.3) is 40.5 Å². The van der Waals surface area contributed by atoms with E-state index in [9.17, 15) is 66.6 Å². The first-order valence-corrected chi connectivity index (χ1v) is 23.9. The van der Waals surface area contributed by atoms with Crippen LogP contribution in [0.2, 0.25) is 10.0 Å². The fraction of sp³-hybridized carbons (Fsp3) is 0.0811. The van der Waals surface area contributed by atoms with Gasteiger partial charge in [-0.1, -0.05) is 35.3 Å². The van der Waals surface area contributed by atoms with Crippen LogP contribution in [0.4, 0.5) is 34.1 Å². The molecule has 6 aromatic carbocycles. The van der Waals surface area contributed by atoms with Crippen molar-refractivity contribution in [2.24, 2.45) is 20.5 Å². The number of carbonyl (C=O) groups excluding carboxylic acids is 2. The molecule has 334 valence electrons. The highest BCUT2D eigenvalue weighted by Gasteiger charge is 2.27. The molecule has 6 aromatic rings. The molecule has 0 heterocycles. The van der Waals surface area contributed by atoms with E-state index in [0.717, 1.165) is 44.2 Å². The number of carbonyl (C=O) groups is 2. The Morgan fingerprint density at radius 2 is 0.922 bits per heavy atom. The summed E-state index contributed by atoms with van der Waals surface area (Å²) >= 11 is 13.1. The van der Waals surface area contributed by atoms with Crippen molar-refractivity contribution in [1.29, 1.82) is 0 Å². The number of nitrogens with one attached hydrogen (secondary N) is 2. The summed E-state index contributed by atoms with van der Waals surface area (Å²) in [4.78, 5) is 20.5. The number of azo groups is 2. The van der Waals surface area contributed by atoms with Gasteiger partial charge in [0.2, 0.25) is 11.8 Å². The van der Waals surface area contributed by atoms with E-state index in [1.165, 1.54) is 43.3 Å². The molecule has 0 aromatic heterocycles. The molecule has 0 saturated heterocycles. The summed E-state index contributed by atoms with van der Waals surface area (Å²) in [6, 6.07) is 13.4. The van der Waals surface area contributed by atoms with E-state index < -0.39 is 94.4 Å². The number of anilines is 2. The topological polar surface area (TPSA) is 345 Å². The van der Waals surface area contributed by atoms with Crippen LogP contribution in [0.15, 0.2) is 113 Å². The summed E-state index contributed by atoms with van der Waals surface area (Å²) in [5.74, 6) is -2.22. The van der Waals surface area contributed by atoms with Gasteiger partial charge in [-0.25, -0.2) is 0 Å². The fourth-order valence-electron chi connectivity index (χ4n) is 6.39. The Balaban J connectivity index is 1.42. The zero-order valence-electron chi connectivity index (χ0n) is 32.4. The highest BCUT2D eigenvalue weighted by Crippen LogP contribution is 2.46. The van der Waals surface area contributed by atoms with Gasteiger partial charge >= 0.3 is 0 Å². The maximum absolute atomic E-state index is 12.5. The Bertz CT molecular complexity index is 3330. The highest BCUT2D eigenvalue weighted by molar-refractivity contribution is 7.86. The zero-order chi connectivity index (χ0) is 47.4. The van der Waals surface area contributed by atoms with Crippen LogP contribution in [0, 0.1) is 6.92 Å². The van der Waals surface area contributed by atoms with Gasteiger partial charge in [-0.2, -0.15) is 33.7 Å². The van der Waals surface area contributed by atoms with Crippen LogP contribution in [-0.2, 0) is 50.1 Å². The lowest BCUT2D eigenvalue weighted by Crippen LogP contribution is -2.09. The van der Waals surface area contributed by atoms with Gasteiger partial charge in [0.1, 0.15) is 38.3 Å². The molecule has 0 aliphatic carbocycles. The van der Waals surface area contributed by atoms with Gasteiger partial charge in [0, 0.05) is 41.5 Å². The Morgan fingerprint density at radius 1 is 0.531 bits per heavy atom. The molecular formula is C37H28Cl2N6O15S4. The molecule has 27 heteroatoms. The molecule has 0 spiro atoms. The molecule has 0 bridgehead atoms. The second kappa shape index (κ2) is 17.2. The van der Waals surface area contributed by atoms with Crippen LogP contribution in [0.25, 0.3) is 32.7 Å². The number of phenols is 1. The Labute approximate surface area is 372 Å². The van der Waals surface area contributed by atoms with Crippen molar-refractivity contribution in [2.45, 2.75) is 40.4 Å². The van der Waals surface area contributed by atoms with Crippen LogP contribution >= 0.6 is 23.2 Å². The first-order valence-electron chi connectivity index (χ1n) is 17.4. The van der Waals surface area contributed by atoms with Gasteiger partial charge in [0.05, 0.1) is 31.2 Å². The summed E-state index contributed by atoms with van der Waals surface area (Å²) in [7, 11) is -20.2. The smallest absolute Gasteiger partial charge is 0.296 e. The number of fused-ring (bicyclic) bond motifs is 2. The Kier molecular flexibility index (Phi) is 12.7. The third-order valence-corrected chi connectivity index (χ3v) is 13.0. The van der Waals surface area contributed by atoms with E-state index in [1.54, 1.807) is 0 Å². The van der Waals surface area contributed by atoms with Crippen molar-refractivity contribution in [1.82, 2.24) is 0 Å². The van der Waals surface area contributed by atoms with Gasteiger partial charge < -0.3 is 15.7 Å².